The molecule has 0 bridgehead atoms. The largest absolute Gasteiger partial charge is 0.339 e. The number of alkyl halides is 1. The predicted molar refractivity (Wildman–Crippen MR) is 162 cm³/mol. The monoisotopic (exact) mass is 669 g/mol. The summed E-state index contributed by atoms with van der Waals surface area (Å²) in [4.78, 5) is 54.0. The van der Waals surface area contributed by atoms with Crippen molar-refractivity contribution in [3.63, 3.8) is 0 Å². The third kappa shape index (κ3) is 4.73. The summed E-state index contributed by atoms with van der Waals surface area (Å²) < 4.78 is 18.7. The summed E-state index contributed by atoms with van der Waals surface area (Å²) in [6.07, 6.45) is 7.89. The molecule has 13 heteroatoms. The molecule has 210 valence electrons. The molecular formula is C28H25FIN7O4. The first-order valence-electron chi connectivity index (χ1n) is 13.0. The third-order valence-corrected chi connectivity index (χ3v) is 8.13. The Kier molecular flexibility index (Phi) is 6.76. The summed E-state index contributed by atoms with van der Waals surface area (Å²) in [5.74, 6) is -0.805. The molecule has 0 spiro atoms. The molecule has 0 aliphatic heterocycles. The molecule has 6 rings (SSSR count). The standard InChI is InChI=1S/C28H25FIN7O4/c1-14-23-22(24(35(2)26(14)39)34-21-9-6-16(30)10-20(21)29)27(40)37(18-7-8-18)28(41)36(23)19-5-3-4-17(11-19)33-25(38)15-12-31-32-13-15/h3-5,9-13,16,18,34H,6-8H2,1-2H3,(H,31,32)(H,33,38). The number of nitrogens with zero attached hydrogens (tertiary/aromatic N) is 4. The van der Waals surface area contributed by atoms with Crippen LogP contribution in [-0.4, -0.2) is 33.7 Å². The second kappa shape index (κ2) is 10.3. The number of allylic oxidation sites excluding steroid dienone is 3. The maximum absolute atomic E-state index is 14.9. The third-order valence-electron chi connectivity index (χ3n) is 7.26. The molecule has 0 radical (unpaired) electrons. The number of aromatic nitrogens is 5. The average molecular weight is 669 g/mol. The zero-order valence-electron chi connectivity index (χ0n) is 22.1. The van der Waals surface area contributed by atoms with E-state index in [1.807, 2.05) is 0 Å². The fourth-order valence-electron chi connectivity index (χ4n) is 5.04. The van der Waals surface area contributed by atoms with Gasteiger partial charge in [-0.2, -0.15) is 5.10 Å². The van der Waals surface area contributed by atoms with E-state index in [2.05, 4.69) is 43.4 Å². The van der Waals surface area contributed by atoms with Gasteiger partial charge in [-0.25, -0.2) is 9.18 Å². The van der Waals surface area contributed by atoms with Crippen LogP contribution >= 0.6 is 22.6 Å². The van der Waals surface area contributed by atoms with Crippen molar-refractivity contribution in [2.75, 3.05) is 10.6 Å². The van der Waals surface area contributed by atoms with Gasteiger partial charge in [0.25, 0.3) is 17.0 Å². The maximum atomic E-state index is 14.9. The number of rotatable bonds is 6. The molecule has 1 amide bonds. The molecule has 0 saturated heterocycles. The molecule has 1 unspecified atom stereocenters. The summed E-state index contributed by atoms with van der Waals surface area (Å²) in [7, 11) is 1.51. The Hall–Kier alpha value is -4.27. The normalized spacial score (nSPS) is 16.8. The zero-order valence-corrected chi connectivity index (χ0v) is 24.2. The summed E-state index contributed by atoms with van der Waals surface area (Å²) >= 11 is 2.13. The van der Waals surface area contributed by atoms with E-state index in [4.69, 9.17) is 0 Å². The van der Waals surface area contributed by atoms with Crippen LogP contribution in [0.4, 0.5) is 15.9 Å². The Morgan fingerprint density at radius 1 is 1.20 bits per heavy atom. The number of aryl methyl sites for hydroxylation is 1. The Morgan fingerprint density at radius 3 is 2.66 bits per heavy atom. The van der Waals surface area contributed by atoms with Crippen LogP contribution in [0.15, 0.2) is 74.7 Å². The second-order valence-electron chi connectivity index (χ2n) is 10.1. The number of pyridine rings is 1. The predicted octanol–water partition coefficient (Wildman–Crippen LogP) is 3.83. The van der Waals surface area contributed by atoms with Crippen molar-refractivity contribution in [1.29, 1.82) is 0 Å². The lowest BCUT2D eigenvalue weighted by Gasteiger charge is -2.22. The van der Waals surface area contributed by atoms with Crippen molar-refractivity contribution in [2.45, 2.75) is 36.2 Å². The minimum absolute atomic E-state index is 0.0183. The molecule has 3 N–H and O–H groups in total. The van der Waals surface area contributed by atoms with Crippen molar-refractivity contribution in [3.8, 4) is 5.69 Å². The van der Waals surface area contributed by atoms with Gasteiger partial charge in [0.2, 0.25) is 0 Å². The van der Waals surface area contributed by atoms with Gasteiger partial charge in [0.1, 0.15) is 17.0 Å². The number of carbonyl (C=O) groups is 1. The number of nitrogens with one attached hydrogen (secondary N) is 3. The van der Waals surface area contributed by atoms with E-state index < -0.39 is 28.5 Å². The molecule has 3 aromatic heterocycles. The first-order valence-corrected chi connectivity index (χ1v) is 14.2. The molecule has 1 fully saturated rings. The number of halogens is 2. The number of benzene rings is 1. The van der Waals surface area contributed by atoms with Gasteiger partial charge in [-0.1, -0.05) is 34.7 Å². The Labute approximate surface area is 245 Å². The van der Waals surface area contributed by atoms with Crippen LogP contribution < -0.4 is 27.4 Å². The van der Waals surface area contributed by atoms with Crippen LogP contribution in [0.5, 0.6) is 0 Å². The van der Waals surface area contributed by atoms with E-state index in [0.717, 1.165) is 0 Å². The van der Waals surface area contributed by atoms with Crippen LogP contribution in [0.2, 0.25) is 0 Å². The van der Waals surface area contributed by atoms with Gasteiger partial charge in [0.05, 0.1) is 28.7 Å². The van der Waals surface area contributed by atoms with Gasteiger partial charge < -0.3 is 10.6 Å². The Bertz CT molecular complexity index is 1970. The van der Waals surface area contributed by atoms with E-state index in [1.54, 1.807) is 37.3 Å². The number of fused-ring (bicyclic) bond motifs is 1. The molecule has 1 saturated carbocycles. The highest BCUT2D eigenvalue weighted by molar-refractivity contribution is 14.1. The van der Waals surface area contributed by atoms with Crippen molar-refractivity contribution in [2.24, 2.45) is 7.05 Å². The van der Waals surface area contributed by atoms with Gasteiger partial charge in [0, 0.05) is 34.5 Å². The summed E-state index contributed by atoms with van der Waals surface area (Å²) in [5, 5.41) is 12.2. The molecule has 41 heavy (non-hydrogen) atoms. The van der Waals surface area contributed by atoms with Crippen LogP contribution in [0, 0.1) is 6.92 Å². The number of amides is 1. The quantitative estimate of drug-likeness (QED) is 0.211. The Morgan fingerprint density at radius 2 is 1.98 bits per heavy atom. The van der Waals surface area contributed by atoms with Crippen molar-refractivity contribution >= 4 is 50.9 Å². The van der Waals surface area contributed by atoms with E-state index in [9.17, 15) is 23.6 Å². The van der Waals surface area contributed by atoms with Crippen molar-refractivity contribution in [3.05, 3.63) is 103 Å². The first kappa shape index (κ1) is 26.9. The number of hydrogen-bond acceptors (Lipinski definition) is 6. The number of carbonyl (C=O) groups excluding carboxylic acids is 1. The minimum Gasteiger partial charge on any atom is -0.339 e. The zero-order chi connectivity index (χ0) is 29.0. The molecular weight excluding hydrogens is 644 g/mol. The van der Waals surface area contributed by atoms with Crippen LogP contribution in [-0.2, 0) is 7.05 Å². The highest BCUT2D eigenvalue weighted by atomic mass is 127. The van der Waals surface area contributed by atoms with Crippen LogP contribution in [0.3, 0.4) is 0 Å². The number of H-pyrrole nitrogens is 1. The number of hydrogen-bond donors (Lipinski definition) is 3. The molecule has 4 aromatic rings. The molecule has 1 atom stereocenters. The summed E-state index contributed by atoms with van der Waals surface area (Å²) in [5.41, 5.74) is -0.0906. The highest BCUT2D eigenvalue weighted by Gasteiger charge is 2.32. The smallest absolute Gasteiger partial charge is 0.336 e. The molecule has 1 aromatic carbocycles. The van der Waals surface area contributed by atoms with Crippen LogP contribution in [0.1, 0.15) is 41.2 Å². The SMILES string of the molecule is Cc1c(=O)n(C)c(NC2=CCC(I)C=C2F)c2c(=O)n(C3CC3)c(=O)n(-c3cccc(NC(=O)c4cn[nH]c4)c3)c12. The van der Waals surface area contributed by atoms with E-state index >= 15 is 0 Å². The fourth-order valence-corrected chi connectivity index (χ4v) is 5.61. The molecule has 11 nitrogen and oxygen atoms in total. The lowest BCUT2D eigenvalue weighted by Crippen LogP contribution is -2.41. The van der Waals surface area contributed by atoms with Gasteiger partial charge >= 0.3 is 5.69 Å². The first-order chi connectivity index (χ1) is 19.7. The van der Waals surface area contributed by atoms with Gasteiger partial charge in [-0.3, -0.25) is 33.2 Å². The number of anilines is 2. The van der Waals surface area contributed by atoms with Gasteiger partial charge in [0.15, 0.2) is 0 Å². The lowest BCUT2D eigenvalue weighted by atomic mass is 10.1. The molecule has 2 aliphatic rings. The topological polar surface area (TPSA) is 136 Å². The number of aromatic amines is 1. The fraction of sp³-hybridized carbons (Fsp3) is 0.250. The summed E-state index contributed by atoms with van der Waals surface area (Å²) in [6.45, 7) is 1.55. The second-order valence-corrected chi connectivity index (χ2v) is 11.7. The maximum Gasteiger partial charge on any atom is 0.336 e. The van der Waals surface area contributed by atoms with E-state index in [1.165, 1.54) is 39.2 Å². The lowest BCUT2D eigenvalue weighted by molar-refractivity contribution is 0.102. The van der Waals surface area contributed by atoms with Crippen LogP contribution in [0.25, 0.3) is 16.6 Å². The highest BCUT2D eigenvalue weighted by Crippen LogP contribution is 2.34. The molecule has 2 aliphatic carbocycles. The minimum atomic E-state index is -0.596. The Balaban J connectivity index is 1.60. The van der Waals surface area contributed by atoms with E-state index in [-0.39, 0.29) is 37.9 Å². The average Bonchev–Trinajstić information content (AvgIpc) is 3.61. The molecule has 3 heterocycles. The van der Waals surface area contributed by atoms with E-state index in [0.29, 0.717) is 36.2 Å². The van der Waals surface area contributed by atoms with Crippen molar-refractivity contribution < 1.29 is 9.18 Å². The summed E-state index contributed by atoms with van der Waals surface area (Å²) in [6, 6.07) is 6.29. The van der Waals surface area contributed by atoms with Gasteiger partial charge in [-0.05, 0) is 50.5 Å². The van der Waals surface area contributed by atoms with Crippen molar-refractivity contribution in [1.82, 2.24) is 23.9 Å². The van der Waals surface area contributed by atoms with Gasteiger partial charge in [-0.15, -0.1) is 0 Å².